The van der Waals surface area contributed by atoms with Crippen molar-refractivity contribution < 1.29 is 4.79 Å². The normalized spacial score (nSPS) is 22.9. The largest absolute Gasteiger partial charge is 0.353 e. The van der Waals surface area contributed by atoms with Crippen LogP contribution in [0.25, 0.3) is 0 Å². The van der Waals surface area contributed by atoms with E-state index in [1.807, 2.05) is 0 Å². The SMILES string of the molecule is O=C(CCCN1CCNCC1)NC1CCCCCC1. The first-order chi connectivity index (χ1) is 9.34. The molecule has 19 heavy (non-hydrogen) atoms. The van der Waals surface area contributed by atoms with Crippen molar-refractivity contribution in [1.82, 2.24) is 15.5 Å². The van der Waals surface area contributed by atoms with Crippen LogP contribution in [0.5, 0.6) is 0 Å². The maximum Gasteiger partial charge on any atom is 0.220 e. The van der Waals surface area contributed by atoms with E-state index in [0.717, 1.165) is 39.1 Å². The number of carbonyl (C=O) groups is 1. The molecule has 1 heterocycles. The summed E-state index contributed by atoms with van der Waals surface area (Å²) < 4.78 is 0. The van der Waals surface area contributed by atoms with Gasteiger partial charge in [0.05, 0.1) is 0 Å². The van der Waals surface area contributed by atoms with Crippen molar-refractivity contribution in [2.45, 2.75) is 57.4 Å². The molecular formula is C15H29N3O. The fourth-order valence-corrected chi connectivity index (χ4v) is 3.12. The van der Waals surface area contributed by atoms with Gasteiger partial charge in [0.25, 0.3) is 0 Å². The zero-order valence-corrected chi connectivity index (χ0v) is 12.1. The smallest absolute Gasteiger partial charge is 0.220 e. The Morgan fingerprint density at radius 2 is 1.79 bits per heavy atom. The molecule has 0 spiro atoms. The summed E-state index contributed by atoms with van der Waals surface area (Å²) in [5.41, 5.74) is 0. The second-order valence-electron chi connectivity index (χ2n) is 5.95. The topological polar surface area (TPSA) is 44.4 Å². The predicted molar refractivity (Wildman–Crippen MR) is 78.2 cm³/mol. The van der Waals surface area contributed by atoms with E-state index in [1.165, 1.54) is 38.5 Å². The average Bonchev–Trinajstić information content (AvgIpc) is 2.68. The van der Waals surface area contributed by atoms with Crippen LogP contribution in [-0.4, -0.2) is 49.6 Å². The lowest BCUT2D eigenvalue weighted by molar-refractivity contribution is -0.122. The number of carbonyl (C=O) groups excluding carboxylic acids is 1. The van der Waals surface area contributed by atoms with Gasteiger partial charge in [-0.1, -0.05) is 25.7 Å². The van der Waals surface area contributed by atoms with E-state index in [1.54, 1.807) is 0 Å². The number of nitrogens with one attached hydrogen (secondary N) is 2. The van der Waals surface area contributed by atoms with Gasteiger partial charge in [0.2, 0.25) is 5.91 Å². The van der Waals surface area contributed by atoms with Gasteiger partial charge in [-0.25, -0.2) is 0 Å². The molecule has 1 aliphatic heterocycles. The molecule has 110 valence electrons. The number of hydrogen-bond donors (Lipinski definition) is 2. The van der Waals surface area contributed by atoms with E-state index in [-0.39, 0.29) is 5.91 Å². The minimum atomic E-state index is 0.266. The lowest BCUT2D eigenvalue weighted by Crippen LogP contribution is -2.44. The highest BCUT2D eigenvalue weighted by Gasteiger charge is 2.15. The summed E-state index contributed by atoms with van der Waals surface area (Å²) in [5, 5.41) is 6.58. The molecule has 2 N–H and O–H groups in total. The van der Waals surface area contributed by atoms with E-state index < -0.39 is 0 Å². The minimum Gasteiger partial charge on any atom is -0.353 e. The van der Waals surface area contributed by atoms with Crippen LogP contribution in [-0.2, 0) is 4.79 Å². The Hall–Kier alpha value is -0.610. The molecule has 4 heteroatoms. The van der Waals surface area contributed by atoms with E-state index in [2.05, 4.69) is 15.5 Å². The van der Waals surface area contributed by atoms with Crippen LogP contribution in [0.2, 0.25) is 0 Å². The van der Waals surface area contributed by atoms with Crippen molar-refractivity contribution in [2.75, 3.05) is 32.7 Å². The van der Waals surface area contributed by atoms with E-state index >= 15 is 0 Å². The van der Waals surface area contributed by atoms with Crippen LogP contribution in [0.3, 0.4) is 0 Å². The molecule has 2 aliphatic rings. The third kappa shape index (κ3) is 5.91. The van der Waals surface area contributed by atoms with E-state index in [0.29, 0.717) is 12.5 Å². The van der Waals surface area contributed by atoms with Gasteiger partial charge in [0, 0.05) is 38.6 Å². The van der Waals surface area contributed by atoms with Crippen molar-refractivity contribution >= 4 is 5.91 Å². The molecule has 0 bridgehead atoms. The second kappa shape index (κ2) is 8.54. The summed E-state index contributed by atoms with van der Waals surface area (Å²) in [4.78, 5) is 14.4. The molecule has 0 atom stereocenters. The van der Waals surface area contributed by atoms with Crippen molar-refractivity contribution in [3.63, 3.8) is 0 Å². The Balaban J connectivity index is 1.55. The Labute approximate surface area is 117 Å². The molecule has 1 aliphatic carbocycles. The summed E-state index contributed by atoms with van der Waals surface area (Å²) in [5.74, 6) is 0.266. The summed E-state index contributed by atoms with van der Waals surface area (Å²) in [6, 6.07) is 0.453. The van der Waals surface area contributed by atoms with Crippen molar-refractivity contribution in [3.05, 3.63) is 0 Å². The maximum absolute atomic E-state index is 11.9. The first kappa shape index (κ1) is 14.8. The van der Waals surface area contributed by atoms with Gasteiger partial charge in [-0.05, 0) is 25.8 Å². The van der Waals surface area contributed by atoms with E-state index in [9.17, 15) is 4.79 Å². The second-order valence-corrected chi connectivity index (χ2v) is 5.95. The Morgan fingerprint density at radius 3 is 2.47 bits per heavy atom. The molecule has 0 aromatic carbocycles. The third-order valence-electron chi connectivity index (χ3n) is 4.31. The summed E-state index contributed by atoms with van der Waals surface area (Å²) >= 11 is 0. The Morgan fingerprint density at radius 1 is 1.11 bits per heavy atom. The minimum absolute atomic E-state index is 0.266. The van der Waals surface area contributed by atoms with Crippen molar-refractivity contribution in [3.8, 4) is 0 Å². The van der Waals surface area contributed by atoms with Crippen LogP contribution < -0.4 is 10.6 Å². The van der Waals surface area contributed by atoms with Gasteiger partial charge in [-0.15, -0.1) is 0 Å². The van der Waals surface area contributed by atoms with Gasteiger partial charge in [-0.3, -0.25) is 4.79 Å². The highest BCUT2D eigenvalue weighted by molar-refractivity contribution is 5.76. The Kier molecular flexibility index (Phi) is 6.65. The number of rotatable bonds is 5. The highest BCUT2D eigenvalue weighted by Crippen LogP contribution is 2.17. The Bertz CT molecular complexity index is 256. The molecule has 0 radical (unpaired) electrons. The molecule has 0 aromatic rings. The number of hydrogen-bond acceptors (Lipinski definition) is 3. The molecule has 0 unspecified atom stereocenters. The molecule has 0 aromatic heterocycles. The van der Waals surface area contributed by atoms with Crippen LogP contribution in [0.1, 0.15) is 51.4 Å². The quantitative estimate of drug-likeness (QED) is 0.742. The van der Waals surface area contributed by atoms with Gasteiger partial charge in [-0.2, -0.15) is 0 Å². The van der Waals surface area contributed by atoms with Crippen molar-refractivity contribution in [1.29, 1.82) is 0 Å². The van der Waals surface area contributed by atoms with Crippen LogP contribution >= 0.6 is 0 Å². The van der Waals surface area contributed by atoms with E-state index in [4.69, 9.17) is 0 Å². The molecule has 2 rings (SSSR count). The number of amides is 1. The highest BCUT2D eigenvalue weighted by atomic mass is 16.1. The molecule has 1 saturated carbocycles. The number of nitrogens with zero attached hydrogens (tertiary/aromatic N) is 1. The lowest BCUT2D eigenvalue weighted by Gasteiger charge is -2.27. The van der Waals surface area contributed by atoms with Crippen LogP contribution in [0.4, 0.5) is 0 Å². The van der Waals surface area contributed by atoms with Crippen LogP contribution in [0, 0.1) is 0 Å². The van der Waals surface area contributed by atoms with Crippen molar-refractivity contribution in [2.24, 2.45) is 0 Å². The lowest BCUT2D eigenvalue weighted by atomic mass is 10.1. The van der Waals surface area contributed by atoms with Gasteiger partial charge < -0.3 is 15.5 Å². The molecule has 2 fully saturated rings. The molecule has 1 saturated heterocycles. The number of piperazine rings is 1. The fourth-order valence-electron chi connectivity index (χ4n) is 3.12. The molecular weight excluding hydrogens is 238 g/mol. The fraction of sp³-hybridized carbons (Fsp3) is 0.933. The van der Waals surface area contributed by atoms with Gasteiger partial charge in [0.1, 0.15) is 0 Å². The van der Waals surface area contributed by atoms with Gasteiger partial charge >= 0.3 is 0 Å². The summed E-state index contributed by atoms with van der Waals surface area (Å²) in [6.45, 7) is 5.51. The zero-order chi connectivity index (χ0) is 13.3. The monoisotopic (exact) mass is 267 g/mol. The third-order valence-corrected chi connectivity index (χ3v) is 4.31. The summed E-state index contributed by atoms with van der Waals surface area (Å²) in [7, 11) is 0. The predicted octanol–water partition coefficient (Wildman–Crippen LogP) is 1.51. The standard InChI is InChI=1S/C15H29N3O/c19-15(17-14-6-3-1-2-4-7-14)8-5-11-18-12-9-16-10-13-18/h14,16H,1-13H2,(H,17,19). The molecule has 4 nitrogen and oxygen atoms in total. The zero-order valence-electron chi connectivity index (χ0n) is 12.1. The summed E-state index contributed by atoms with van der Waals surface area (Å²) in [6.07, 6.45) is 9.31. The first-order valence-electron chi connectivity index (χ1n) is 8.07. The maximum atomic E-state index is 11.9. The first-order valence-corrected chi connectivity index (χ1v) is 8.07. The molecule has 1 amide bonds. The average molecular weight is 267 g/mol. The van der Waals surface area contributed by atoms with Gasteiger partial charge in [0.15, 0.2) is 0 Å². The van der Waals surface area contributed by atoms with Crippen LogP contribution in [0.15, 0.2) is 0 Å².